The molecule has 5 nitrogen and oxygen atoms in total. The number of oxazole rings is 1. The van der Waals surface area contributed by atoms with Gasteiger partial charge in [-0.15, -0.1) is 24.0 Å². The van der Waals surface area contributed by atoms with Crippen LogP contribution in [0.2, 0.25) is 0 Å². The number of benzene rings is 2. The van der Waals surface area contributed by atoms with Crippen LogP contribution in [0, 0.1) is 0 Å². The Kier molecular flexibility index (Phi) is 7.24. The van der Waals surface area contributed by atoms with Gasteiger partial charge in [0.2, 0.25) is 5.89 Å². The summed E-state index contributed by atoms with van der Waals surface area (Å²) in [7, 11) is 1.76. The third-order valence-corrected chi connectivity index (χ3v) is 4.25. The second-order valence-electron chi connectivity index (χ2n) is 7.29. The summed E-state index contributed by atoms with van der Waals surface area (Å²) in [4.78, 5) is 8.61. The first-order chi connectivity index (χ1) is 12.5. The molecule has 27 heavy (non-hydrogen) atoms. The lowest BCUT2D eigenvalue weighted by atomic mass is 9.94. The molecule has 0 radical (unpaired) electrons. The van der Waals surface area contributed by atoms with E-state index in [-0.39, 0.29) is 29.4 Å². The molecule has 0 atom stereocenters. The minimum Gasteiger partial charge on any atom is -0.443 e. The molecule has 0 aliphatic carbocycles. The van der Waals surface area contributed by atoms with E-state index in [1.165, 1.54) is 16.3 Å². The minimum absolute atomic E-state index is 0. The quantitative estimate of drug-likeness (QED) is 0.327. The molecule has 0 saturated heterocycles. The van der Waals surface area contributed by atoms with Crippen molar-refractivity contribution >= 4 is 40.7 Å². The lowest BCUT2D eigenvalue weighted by molar-refractivity contribution is 0.379. The van der Waals surface area contributed by atoms with Gasteiger partial charge in [-0.2, -0.15) is 0 Å². The average molecular weight is 478 g/mol. The number of nitrogens with one attached hydrogen (secondary N) is 2. The molecular formula is C21H27IN4O. The van der Waals surface area contributed by atoms with Crippen LogP contribution in [0.15, 0.2) is 58.1 Å². The molecule has 6 heteroatoms. The van der Waals surface area contributed by atoms with Crippen molar-refractivity contribution in [3.8, 4) is 0 Å². The van der Waals surface area contributed by atoms with E-state index in [0.717, 1.165) is 5.76 Å². The lowest BCUT2D eigenvalue weighted by Crippen LogP contribution is -2.36. The summed E-state index contributed by atoms with van der Waals surface area (Å²) in [6.07, 6.45) is 1.79. The lowest BCUT2D eigenvalue weighted by Gasteiger charge is -2.14. The van der Waals surface area contributed by atoms with Crippen LogP contribution in [0.3, 0.4) is 0 Å². The molecule has 144 valence electrons. The van der Waals surface area contributed by atoms with E-state index in [1.807, 2.05) is 0 Å². The first-order valence-corrected chi connectivity index (χ1v) is 8.84. The largest absolute Gasteiger partial charge is 0.443 e. The van der Waals surface area contributed by atoms with Crippen LogP contribution < -0.4 is 10.6 Å². The van der Waals surface area contributed by atoms with Crippen molar-refractivity contribution in [2.24, 2.45) is 4.99 Å². The number of rotatable bonds is 4. The fourth-order valence-corrected chi connectivity index (χ4v) is 2.74. The van der Waals surface area contributed by atoms with Crippen LogP contribution in [-0.2, 0) is 18.5 Å². The molecule has 0 bridgehead atoms. The summed E-state index contributed by atoms with van der Waals surface area (Å²) in [6.45, 7) is 7.51. The predicted octanol–water partition coefficient (Wildman–Crippen LogP) is 4.61. The van der Waals surface area contributed by atoms with Crippen molar-refractivity contribution in [1.29, 1.82) is 0 Å². The van der Waals surface area contributed by atoms with Gasteiger partial charge in [0.05, 0.1) is 12.7 Å². The molecule has 0 unspecified atom stereocenters. The van der Waals surface area contributed by atoms with E-state index in [4.69, 9.17) is 4.42 Å². The SMILES string of the molecule is CN=C(NCc1ncc(C(C)(C)C)o1)NCc1cccc2ccccc12.I. The molecule has 1 heterocycles. The number of hydrogen-bond donors (Lipinski definition) is 2. The molecule has 3 rings (SSSR count). The smallest absolute Gasteiger partial charge is 0.213 e. The second-order valence-corrected chi connectivity index (χ2v) is 7.29. The molecule has 2 N–H and O–H groups in total. The molecule has 0 spiro atoms. The molecule has 0 aliphatic heterocycles. The van der Waals surface area contributed by atoms with E-state index < -0.39 is 0 Å². The van der Waals surface area contributed by atoms with Gasteiger partial charge >= 0.3 is 0 Å². The minimum atomic E-state index is -0.0421. The van der Waals surface area contributed by atoms with Crippen molar-refractivity contribution < 1.29 is 4.42 Å². The Bertz CT molecular complexity index is 906. The number of halogens is 1. The van der Waals surface area contributed by atoms with Crippen molar-refractivity contribution in [1.82, 2.24) is 15.6 Å². The number of nitrogens with zero attached hydrogens (tertiary/aromatic N) is 2. The Morgan fingerprint density at radius 3 is 2.44 bits per heavy atom. The Hall–Kier alpha value is -2.09. The molecular weight excluding hydrogens is 451 g/mol. The van der Waals surface area contributed by atoms with Crippen LogP contribution in [0.4, 0.5) is 0 Å². The van der Waals surface area contributed by atoms with Gasteiger partial charge in [0, 0.05) is 19.0 Å². The summed E-state index contributed by atoms with van der Waals surface area (Å²) in [6, 6.07) is 14.7. The third-order valence-electron chi connectivity index (χ3n) is 4.25. The topological polar surface area (TPSA) is 62.5 Å². The number of fused-ring (bicyclic) bond motifs is 1. The van der Waals surface area contributed by atoms with Crippen molar-refractivity contribution in [2.45, 2.75) is 39.3 Å². The van der Waals surface area contributed by atoms with Crippen LogP contribution in [0.25, 0.3) is 10.8 Å². The standard InChI is InChI=1S/C21H26N4O.HI/c1-21(2,3)18-13-23-19(26-18)14-25-20(22-4)24-12-16-10-7-9-15-8-5-6-11-17(15)16;/h5-11,13H,12,14H2,1-4H3,(H2,22,24,25);1H. The van der Waals surface area contributed by atoms with Gasteiger partial charge in [0.15, 0.2) is 5.96 Å². The van der Waals surface area contributed by atoms with Gasteiger partial charge in [-0.05, 0) is 16.3 Å². The van der Waals surface area contributed by atoms with E-state index >= 15 is 0 Å². The van der Waals surface area contributed by atoms with Crippen LogP contribution in [0.1, 0.15) is 38.0 Å². The summed E-state index contributed by atoms with van der Waals surface area (Å²) >= 11 is 0. The highest BCUT2D eigenvalue weighted by Crippen LogP contribution is 2.22. The Morgan fingerprint density at radius 1 is 1.04 bits per heavy atom. The molecule has 1 aromatic heterocycles. The summed E-state index contributed by atoms with van der Waals surface area (Å²) < 4.78 is 5.81. The van der Waals surface area contributed by atoms with E-state index in [0.29, 0.717) is 24.9 Å². The van der Waals surface area contributed by atoms with E-state index in [2.05, 4.69) is 83.8 Å². The van der Waals surface area contributed by atoms with Crippen molar-refractivity contribution in [3.05, 3.63) is 65.9 Å². The number of guanidine groups is 1. The molecule has 0 amide bonds. The van der Waals surface area contributed by atoms with Gasteiger partial charge in [0.25, 0.3) is 0 Å². The number of aromatic nitrogens is 1. The van der Waals surface area contributed by atoms with E-state index in [1.54, 1.807) is 13.2 Å². The van der Waals surface area contributed by atoms with Gasteiger partial charge in [-0.25, -0.2) is 4.98 Å². The van der Waals surface area contributed by atoms with Crippen LogP contribution >= 0.6 is 24.0 Å². The Labute approximate surface area is 177 Å². The van der Waals surface area contributed by atoms with Gasteiger partial charge < -0.3 is 15.1 Å². The molecule has 3 aromatic rings. The normalized spacial score (nSPS) is 11.9. The number of aliphatic imine (C=N–C) groups is 1. The van der Waals surface area contributed by atoms with Crippen LogP contribution in [0.5, 0.6) is 0 Å². The Balaban J connectivity index is 0.00000261. The maximum atomic E-state index is 5.81. The maximum Gasteiger partial charge on any atom is 0.213 e. The monoisotopic (exact) mass is 478 g/mol. The van der Waals surface area contributed by atoms with Crippen molar-refractivity contribution in [3.63, 3.8) is 0 Å². The summed E-state index contributed by atoms with van der Waals surface area (Å²) in [5.41, 5.74) is 1.19. The highest BCUT2D eigenvalue weighted by atomic mass is 127. The zero-order chi connectivity index (χ0) is 18.6. The molecule has 0 fully saturated rings. The zero-order valence-corrected chi connectivity index (χ0v) is 18.6. The van der Waals surface area contributed by atoms with Gasteiger partial charge in [-0.3, -0.25) is 4.99 Å². The second kappa shape index (κ2) is 9.21. The first kappa shape index (κ1) is 21.2. The molecule has 0 saturated carbocycles. The maximum absolute atomic E-state index is 5.81. The molecule has 0 aliphatic rings. The molecule has 2 aromatic carbocycles. The average Bonchev–Trinajstić information content (AvgIpc) is 3.11. The van der Waals surface area contributed by atoms with Crippen molar-refractivity contribution in [2.75, 3.05) is 7.05 Å². The fourth-order valence-electron chi connectivity index (χ4n) is 2.74. The summed E-state index contributed by atoms with van der Waals surface area (Å²) in [5.74, 6) is 2.25. The first-order valence-electron chi connectivity index (χ1n) is 8.84. The van der Waals surface area contributed by atoms with E-state index in [9.17, 15) is 0 Å². The van der Waals surface area contributed by atoms with Crippen LogP contribution in [-0.4, -0.2) is 18.0 Å². The third kappa shape index (κ3) is 5.45. The fraction of sp³-hybridized carbons (Fsp3) is 0.333. The highest BCUT2D eigenvalue weighted by Gasteiger charge is 2.19. The zero-order valence-electron chi connectivity index (χ0n) is 16.2. The Morgan fingerprint density at radius 2 is 1.74 bits per heavy atom. The number of hydrogen-bond acceptors (Lipinski definition) is 3. The van der Waals surface area contributed by atoms with Gasteiger partial charge in [-0.1, -0.05) is 63.2 Å². The summed E-state index contributed by atoms with van der Waals surface area (Å²) in [5, 5.41) is 9.10. The van der Waals surface area contributed by atoms with Gasteiger partial charge in [0.1, 0.15) is 5.76 Å². The highest BCUT2D eigenvalue weighted by molar-refractivity contribution is 14.0. The predicted molar refractivity (Wildman–Crippen MR) is 122 cm³/mol.